The molecule has 15 heavy (non-hydrogen) atoms. The van der Waals surface area contributed by atoms with Crippen molar-refractivity contribution in [3.8, 4) is 0 Å². The van der Waals surface area contributed by atoms with Crippen LogP contribution in [0, 0.1) is 17.8 Å². The van der Waals surface area contributed by atoms with E-state index in [-0.39, 0.29) is 0 Å². The number of hydrogen-bond donors (Lipinski definition) is 1. The third-order valence-electron chi connectivity index (χ3n) is 4.27. The summed E-state index contributed by atoms with van der Waals surface area (Å²) in [5, 5.41) is 3.69. The van der Waals surface area contributed by atoms with Crippen LogP contribution in [0.15, 0.2) is 0 Å². The molecule has 1 heteroatoms. The fourth-order valence-corrected chi connectivity index (χ4v) is 3.03. The Bertz CT molecular complexity index is 161. The zero-order chi connectivity index (χ0) is 11.3. The second-order valence-electron chi connectivity index (χ2n) is 5.48. The first-order chi connectivity index (χ1) is 7.19. The monoisotopic (exact) mass is 211 g/mol. The molecule has 1 N–H and O–H groups in total. The molecule has 1 nitrogen and oxygen atoms in total. The van der Waals surface area contributed by atoms with Crippen molar-refractivity contribution in [3.05, 3.63) is 0 Å². The quantitative estimate of drug-likeness (QED) is 0.728. The summed E-state index contributed by atoms with van der Waals surface area (Å²) in [6.45, 7) is 10.5. The van der Waals surface area contributed by atoms with Crippen molar-refractivity contribution >= 4 is 0 Å². The van der Waals surface area contributed by atoms with Crippen molar-refractivity contribution in [2.45, 2.75) is 65.8 Å². The topological polar surface area (TPSA) is 12.0 Å². The van der Waals surface area contributed by atoms with Gasteiger partial charge in [0.2, 0.25) is 0 Å². The summed E-state index contributed by atoms with van der Waals surface area (Å²) in [5.41, 5.74) is 0. The van der Waals surface area contributed by atoms with Crippen LogP contribution in [0.5, 0.6) is 0 Å². The summed E-state index contributed by atoms with van der Waals surface area (Å²) in [5.74, 6) is 2.82. The van der Waals surface area contributed by atoms with Crippen molar-refractivity contribution in [1.82, 2.24) is 5.32 Å². The molecule has 0 heterocycles. The molecule has 1 fully saturated rings. The van der Waals surface area contributed by atoms with Crippen LogP contribution in [0.2, 0.25) is 0 Å². The minimum atomic E-state index is 0.787. The summed E-state index contributed by atoms with van der Waals surface area (Å²) >= 11 is 0. The van der Waals surface area contributed by atoms with Gasteiger partial charge in [-0.1, -0.05) is 40.5 Å². The average molecular weight is 211 g/mol. The largest absolute Gasteiger partial charge is 0.314 e. The van der Waals surface area contributed by atoms with Gasteiger partial charge in [-0.05, 0) is 43.6 Å². The molecule has 1 aliphatic rings. The molecule has 0 amide bonds. The normalized spacial score (nSPS) is 34.0. The summed E-state index contributed by atoms with van der Waals surface area (Å²) < 4.78 is 0. The van der Waals surface area contributed by atoms with E-state index >= 15 is 0 Å². The van der Waals surface area contributed by atoms with E-state index in [0.717, 1.165) is 30.3 Å². The van der Waals surface area contributed by atoms with E-state index in [1.54, 1.807) is 0 Å². The summed E-state index contributed by atoms with van der Waals surface area (Å²) in [6, 6.07) is 0.787. The Morgan fingerprint density at radius 2 is 1.87 bits per heavy atom. The Morgan fingerprint density at radius 3 is 2.40 bits per heavy atom. The summed E-state index contributed by atoms with van der Waals surface area (Å²) in [7, 11) is 0. The standard InChI is InChI=1S/C14H29N/c1-5-7-14(15-6-2)13-9-8-11(3)12(4)10-13/h11-15H,5-10H2,1-4H3. The van der Waals surface area contributed by atoms with E-state index in [2.05, 4.69) is 33.0 Å². The van der Waals surface area contributed by atoms with Crippen LogP contribution in [-0.4, -0.2) is 12.6 Å². The highest BCUT2D eigenvalue weighted by molar-refractivity contribution is 4.83. The van der Waals surface area contributed by atoms with Crippen molar-refractivity contribution in [2.75, 3.05) is 6.54 Å². The molecule has 1 aliphatic carbocycles. The number of hydrogen-bond acceptors (Lipinski definition) is 1. The molecular weight excluding hydrogens is 182 g/mol. The lowest BCUT2D eigenvalue weighted by Gasteiger charge is -2.37. The molecule has 0 aromatic carbocycles. The lowest BCUT2D eigenvalue weighted by molar-refractivity contribution is 0.166. The zero-order valence-corrected chi connectivity index (χ0v) is 11.1. The Kier molecular flexibility index (Phi) is 5.66. The lowest BCUT2D eigenvalue weighted by atomic mass is 9.72. The van der Waals surface area contributed by atoms with Gasteiger partial charge in [-0.15, -0.1) is 0 Å². The van der Waals surface area contributed by atoms with Crippen LogP contribution < -0.4 is 5.32 Å². The fourth-order valence-electron chi connectivity index (χ4n) is 3.03. The molecule has 0 radical (unpaired) electrons. The maximum Gasteiger partial charge on any atom is 0.00952 e. The van der Waals surface area contributed by atoms with E-state index in [4.69, 9.17) is 0 Å². The average Bonchev–Trinajstić information content (AvgIpc) is 2.22. The molecule has 0 aromatic heterocycles. The maximum absolute atomic E-state index is 3.69. The molecule has 1 saturated carbocycles. The van der Waals surface area contributed by atoms with Crippen LogP contribution in [0.1, 0.15) is 59.8 Å². The minimum absolute atomic E-state index is 0.787. The highest BCUT2D eigenvalue weighted by atomic mass is 14.9. The molecule has 4 unspecified atom stereocenters. The first kappa shape index (κ1) is 13.0. The zero-order valence-electron chi connectivity index (χ0n) is 11.1. The highest BCUT2D eigenvalue weighted by Crippen LogP contribution is 2.35. The van der Waals surface area contributed by atoms with Gasteiger partial charge in [0, 0.05) is 6.04 Å². The fraction of sp³-hybridized carbons (Fsp3) is 1.00. The molecule has 4 atom stereocenters. The molecule has 0 aliphatic heterocycles. The van der Waals surface area contributed by atoms with Gasteiger partial charge in [-0.2, -0.15) is 0 Å². The Labute approximate surface area is 96.0 Å². The maximum atomic E-state index is 3.69. The van der Waals surface area contributed by atoms with Crippen molar-refractivity contribution < 1.29 is 0 Å². The molecule has 0 aromatic rings. The molecule has 0 bridgehead atoms. The van der Waals surface area contributed by atoms with Crippen molar-refractivity contribution in [1.29, 1.82) is 0 Å². The second kappa shape index (κ2) is 6.52. The number of nitrogens with one attached hydrogen (secondary N) is 1. The smallest absolute Gasteiger partial charge is 0.00952 e. The molecule has 0 saturated heterocycles. The lowest BCUT2D eigenvalue weighted by Crippen LogP contribution is -2.39. The van der Waals surface area contributed by atoms with E-state index in [0.29, 0.717) is 0 Å². The predicted octanol–water partition coefficient (Wildman–Crippen LogP) is 3.84. The first-order valence-electron chi connectivity index (χ1n) is 6.92. The molecule has 90 valence electrons. The van der Waals surface area contributed by atoms with Crippen LogP contribution >= 0.6 is 0 Å². The first-order valence-corrected chi connectivity index (χ1v) is 6.92. The van der Waals surface area contributed by atoms with E-state index in [1.807, 2.05) is 0 Å². The van der Waals surface area contributed by atoms with Crippen LogP contribution in [0.4, 0.5) is 0 Å². The molecular formula is C14H29N. The van der Waals surface area contributed by atoms with Gasteiger partial charge >= 0.3 is 0 Å². The third-order valence-corrected chi connectivity index (χ3v) is 4.27. The van der Waals surface area contributed by atoms with Crippen LogP contribution in [0.3, 0.4) is 0 Å². The van der Waals surface area contributed by atoms with Gasteiger partial charge in [0.05, 0.1) is 0 Å². The molecule has 1 rings (SSSR count). The van der Waals surface area contributed by atoms with Gasteiger partial charge < -0.3 is 5.32 Å². The van der Waals surface area contributed by atoms with Gasteiger partial charge in [0.15, 0.2) is 0 Å². The Balaban J connectivity index is 2.45. The third kappa shape index (κ3) is 3.79. The predicted molar refractivity (Wildman–Crippen MR) is 68.0 cm³/mol. The van der Waals surface area contributed by atoms with E-state index in [1.165, 1.54) is 32.1 Å². The van der Waals surface area contributed by atoms with Gasteiger partial charge in [-0.25, -0.2) is 0 Å². The van der Waals surface area contributed by atoms with Gasteiger partial charge in [0.1, 0.15) is 0 Å². The van der Waals surface area contributed by atoms with Crippen molar-refractivity contribution in [2.24, 2.45) is 17.8 Å². The van der Waals surface area contributed by atoms with E-state index in [9.17, 15) is 0 Å². The highest BCUT2D eigenvalue weighted by Gasteiger charge is 2.29. The number of rotatable bonds is 5. The SMILES string of the molecule is CCCC(NCC)C1CCC(C)C(C)C1. The summed E-state index contributed by atoms with van der Waals surface area (Å²) in [4.78, 5) is 0. The van der Waals surface area contributed by atoms with Crippen molar-refractivity contribution in [3.63, 3.8) is 0 Å². The minimum Gasteiger partial charge on any atom is -0.314 e. The van der Waals surface area contributed by atoms with Gasteiger partial charge in [-0.3, -0.25) is 0 Å². The molecule has 0 spiro atoms. The van der Waals surface area contributed by atoms with E-state index < -0.39 is 0 Å². The second-order valence-corrected chi connectivity index (χ2v) is 5.48. The van der Waals surface area contributed by atoms with Gasteiger partial charge in [0.25, 0.3) is 0 Å². The Hall–Kier alpha value is -0.0400. The Morgan fingerprint density at radius 1 is 1.13 bits per heavy atom. The summed E-state index contributed by atoms with van der Waals surface area (Å²) in [6.07, 6.45) is 7.01. The van der Waals surface area contributed by atoms with Crippen LogP contribution in [0.25, 0.3) is 0 Å². The van der Waals surface area contributed by atoms with Crippen LogP contribution in [-0.2, 0) is 0 Å².